The van der Waals surface area contributed by atoms with Crippen LogP contribution >= 0.6 is 0 Å². The van der Waals surface area contributed by atoms with Crippen molar-refractivity contribution in [3.63, 3.8) is 0 Å². The fraction of sp³-hybridized carbons (Fsp3) is 0.200. The summed E-state index contributed by atoms with van der Waals surface area (Å²) >= 11 is 0. The summed E-state index contributed by atoms with van der Waals surface area (Å²) in [4.78, 5) is 49.1. The molecular formula is C15H16N4O5. The van der Waals surface area contributed by atoms with Gasteiger partial charge in [0.15, 0.2) is 0 Å². The Morgan fingerprint density at radius 1 is 1.21 bits per heavy atom. The highest BCUT2D eigenvalue weighted by Gasteiger charge is 2.15. The number of carbonyl (C=O) groups excluding carboxylic acids is 2. The quantitative estimate of drug-likeness (QED) is 0.743. The standard InChI is InChI=1S/C15H16N4O5/c1-8(20)17-9-4-5-12(24-3)11(6-9)18-13(21)10-7-16-15(23)19(2)14(10)22/h4-7H,1-3H3,(H,16,23)(H,17,20)(H,18,21). The molecule has 1 aromatic heterocycles. The number of carbonyl (C=O) groups is 2. The first-order valence-corrected chi connectivity index (χ1v) is 6.89. The minimum Gasteiger partial charge on any atom is -0.495 e. The second-order valence-corrected chi connectivity index (χ2v) is 4.92. The molecule has 3 N–H and O–H groups in total. The summed E-state index contributed by atoms with van der Waals surface area (Å²) in [5, 5.41) is 5.11. The highest BCUT2D eigenvalue weighted by atomic mass is 16.5. The first-order valence-electron chi connectivity index (χ1n) is 6.89. The van der Waals surface area contributed by atoms with E-state index in [1.807, 2.05) is 0 Å². The summed E-state index contributed by atoms with van der Waals surface area (Å²) in [6, 6.07) is 4.66. The number of aromatic nitrogens is 2. The molecule has 0 aliphatic heterocycles. The van der Waals surface area contributed by atoms with Crippen molar-refractivity contribution in [3.8, 4) is 5.75 Å². The summed E-state index contributed by atoms with van der Waals surface area (Å²) in [5.74, 6) is -0.643. The van der Waals surface area contributed by atoms with Crippen LogP contribution in [0.5, 0.6) is 5.75 Å². The lowest BCUT2D eigenvalue weighted by Crippen LogP contribution is -2.37. The monoisotopic (exact) mass is 332 g/mol. The highest BCUT2D eigenvalue weighted by Crippen LogP contribution is 2.28. The normalized spacial score (nSPS) is 10.1. The molecule has 0 spiro atoms. The Morgan fingerprint density at radius 3 is 2.54 bits per heavy atom. The van der Waals surface area contributed by atoms with Crippen LogP contribution in [0.25, 0.3) is 0 Å². The van der Waals surface area contributed by atoms with E-state index in [0.717, 1.165) is 10.8 Å². The lowest BCUT2D eigenvalue weighted by atomic mass is 10.2. The predicted octanol–water partition coefficient (Wildman–Crippen LogP) is 0.293. The molecule has 2 amide bonds. The maximum absolute atomic E-state index is 12.3. The molecule has 24 heavy (non-hydrogen) atoms. The molecule has 2 aromatic rings. The van der Waals surface area contributed by atoms with Gasteiger partial charge in [0.05, 0.1) is 12.8 Å². The van der Waals surface area contributed by atoms with Crippen molar-refractivity contribution in [2.45, 2.75) is 6.92 Å². The van der Waals surface area contributed by atoms with Crippen molar-refractivity contribution in [2.75, 3.05) is 17.7 Å². The summed E-state index contributed by atoms with van der Waals surface area (Å²) in [6.07, 6.45) is 1.05. The van der Waals surface area contributed by atoms with Crippen molar-refractivity contribution in [3.05, 3.63) is 50.8 Å². The molecule has 9 heteroatoms. The Bertz CT molecular complexity index is 913. The lowest BCUT2D eigenvalue weighted by molar-refractivity contribution is -0.114. The van der Waals surface area contributed by atoms with E-state index in [2.05, 4.69) is 15.6 Å². The Hall–Kier alpha value is -3.36. The zero-order chi connectivity index (χ0) is 17.9. The van der Waals surface area contributed by atoms with Gasteiger partial charge in [0.25, 0.3) is 11.5 Å². The van der Waals surface area contributed by atoms with Gasteiger partial charge in [0.2, 0.25) is 5.91 Å². The Kier molecular flexibility index (Phi) is 4.83. The van der Waals surface area contributed by atoms with Crippen LogP contribution in [0, 0.1) is 0 Å². The zero-order valence-electron chi connectivity index (χ0n) is 13.3. The fourth-order valence-corrected chi connectivity index (χ4v) is 2.00. The molecule has 0 bridgehead atoms. The zero-order valence-corrected chi connectivity index (χ0v) is 13.3. The van der Waals surface area contributed by atoms with Crippen LogP contribution in [0.3, 0.4) is 0 Å². The number of H-pyrrole nitrogens is 1. The van der Waals surface area contributed by atoms with Crippen molar-refractivity contribution < 1.29 is 14.3 Å². The molecule has 0 aliphatic rings. The molecular weight excluding hydrogens is 316 g/mol. The second-order valence-electron chi connectivity index (χ2n) is 4.92. The maximum atomic E-state index is 12.3. The number of nitrogens with one attached hydrogen (secondary N) is 3. The van der Waals surface area contributed by atoms with Crippen LogP contribution in [0.1, 0.15) is 17.3 Å². The largest absolute Gasteiger partial charge is 0.495 e. The number of rotatable bonds is 4. The third-order valence-corrected chi connectivity index (χ3v) is 3.19. The van der Waals surface area contributed by atoms with Gasteiger partial charge in [-0.15, -0.1) is 0 Å². The number of nitrogens with zero attached hydrogens (tertiary/aromatic N) is 1. The van der Waals surface area contributed by atoms with Crippen LogP contribution in [-0.4, -0.2) is 28.5 Å². The molecule has 2 rings (SSSR count). The predicted molar refractivity (Wildman–Crippen MR) is 87.6 cm³/mol. The molecule has 0 saturated carbocycles. The number of anilines is 2. The molecule has 0 atom stereocenters. The topological polar surface area (TPSA) is 122 Å². The Balaban J connectivity index is 2.38. The number of hydrogen-bond acceptors (Lipinski definition) is 5. The molecule has 0 saturated heterocycles. The lowest BCUT2D eigenvalue weighted by Gasteiger charge is -2.12. The third kappa shape index (κ3) is 3.51. The van der Waals surface area contributed by atoms with Crippen LogP contribution in [0.2, 0.25) is 0 Å². The molecule has 0 unspecified atom stereocenters. The van der Waals surface area contributed by atoms with Gasteiger partial charge in [-0.1, -0.05) is 0 Å². The Labute approximate surface area is 136 Å². The fourth-order valence-electron chi connectivity index (χ4n) is 2.00. The summed E-state index contributed by atoms with van der Waals surface area (Å²) < 4.78 is 5.94. The van der Waals surface area contributed by atoms with Gasteiger partial charge in [0, 0.05) is 25.9 Å². The highest BCUT2D eigenvalue weighted by molar-refractivity contribution is 6.05. The first kappa shape index (κ1) is 17.0. The van der Waals surface area contributed by atoms with Crippen LogP contribution in [-0.2, 0) is 11.8 Å². The summed E-state index contributed by atoms with van der Waals surface area (Å²) in [5.41, 5.74) is -0.867. The third-order valence-electron chi connectivity index (χ3n) is 3.19. The molecule has 126 valence electrons. The van der Waals surface area contributed by atoms with E-state index in [1.165, 1.54) is 27.1 Å². The van der Waals surface area contributed by atoms with Gasteiger partial charge in [0.1, 0.15) is 11.3 Å². The first-order chi connectivity index (χ1) is 11.3. The number of amides is 2. The van der Waals surface area contributed by atoms with E-state index in [-0.39, 0.29) is 17.2 Å². The maximum Gasteiger partial charge on any atom is 0.328 e. The van der Waals surface area contributed by atoms with E-state index in [9.17, 15) is 19.2 Å². The minimum atomic E-state index is -0.728. The summed E-state index contributed by atoms with van der Waals surface area (Å²) in [6.45, 7) is 1.35. The summed E-state index contributed by atoms with van der Waals surface area (Å²) in [7, 11) is 2.68. The van der Waals surface area contributed by atoms with Crippen molar-refractivity contribution in [1.29, 1.82) is 0 Å². The van der Waals surface area contributed by atoms with E-state index in [1.54, 1.807) is 12.1 Å². The second kappa shape index (κ2) is 6.82. The van der Waals surface area contributed by atoms with E-state index < -0.39 is 17.2 Å². The van der Waals surface area contributed by atoms with E-state index in [4.69, 9.17) is 4.74 Å². The molecule has 1 heterocycles. The SMILES string of the molecule is COc1ccc(NC(C)=O)cc1NC(=O)c1c[nH]c(=O)n(C)c1=O. The van der Waals surface area contributed by atoms with Crippen LogP contribution < -0.4 is 26.6 Å². The molecule has 0 radical (unpaired) electrons. The van der Waals surface area contributed by atoms with Crippen LogP contribution in [0.4, 0.5) is 11.4 Å². The van der Waals surface area contributed by atoms with Gasteiger partial charge >= 0.3 is 5.69 Å². The average molecular weight is 332 g/mol. The smallest absolute Gasteiger partial charge is 0.328 e. The number of ether oxygens (including phenoxy) is 1. The van der Waals surface area contributed by atoms with Crippen molar-refractivity contribution in [2.24, 2.45) is 7.05 Å². The van der Waals surface area contributed by atoms with Crippen LogP contribution in [0.15, 0.2) is 34.0 Å². The van der Waals surface area contributed by atoms with Gasteiger partial charge in [-0.25, -0.2) is 4.79 Å². The number of benzene rings is 1. The van der Waals surface area contributed by atoms with Gasteiger partial charge in [-0.3, -0.25) is 19.0 Å². The molecule has 0 aliphatic carbocycles. The van der Waals surface area contributed by atoms with Gasteiger partial charge in [-0.05, 0) is 18.2 Å². The number of methoxy groups -OCH3 is 1. The van der Waals surface area contributed by atoms with E-state index >= 15 is 0 Å². The average Bonchev–Trinajstić information content (AvgIpc) is 2.52. The van der Waals surface area contributed by atoms with Crippen molar-refractivity contribution >= 4 is 23.2 Å². The number of hydrogen-bond donors (Lipinski definition) is 3. The molecule has 1 aromatic carbocycles. The Morgan fingerprint density at radius 2 is 1.92 bits per heavy atom. The van der Waals surface area contributed by atoms with Gasteiger partial charge in [-0.2, -0.15) is 0 Å². The molecule has 0 fully saturated rings. The molecule has 9 nitrogen and oxygen atoms in total. The van der Waals surface area contributed by atoms with Crippen molar-refractivity contribution in [1.82, 2.24) is 9.55 Å². The minimum absolute atomic E-state index is 0.232. The van der Waals surface area contributed by atoms with Gasteiger partial charge < -0.3 is 20.4 Å². The number of aromatic amines is 1. The van der Waals surface area contributed by atoms with E-state index in [0.29, 0.717) is 11.4 Å².